The quantitative estimate of drug-likeness (QED) is 0.580. The first kappa shape index (κ1) is 18.7. The molecule has 0 saturated heterocycles. The van der Waals surface area contributed by atoms with Crippen LogP contribution in [0.4, 0.5) is 9.80 Å². The number of hydrogen-bond donors (Lipinski definition) is 1. The lowest BCUT2D eigenvalue weighted by atomic mass is 10.0. The summed E-state index contributed by atoms with van der Waals surface area (Å²) in [7, 11) is 0. The summed E-state index contributed by atoms with van der Waals surface area (Å²) in [5.74, 6) is -0.213. The highest BCUT2D eigenvalue weighted by molar-refractivity contribution is 7.17. The summed E-state index contributed by atoms with van der Waals surface area (Å²) >= 11 is 7.31. The first-order chi connectivity index (χ1) is 13.6. The van der Waals surface area contributed by atoms with Gasteiger partial charge in [0.15, 0.2) is 0 Å². The molecule has 7 heteroatoms. The molecule has 4 rings (SSSR count). The normalized spacial score (nSPS) is 12.5. The maximum Gasteiger partial charge on any atom is 0.412 e. The number of anilines is 1. The average Bonchev–Trinajstić information content (AvgIpc) is 3.28. The smallest absolute Gasteiger partial charge is 0.412 e. The molecule has 2 aromatic heterocycles. The Balaban J connectivity index is 1.55. The van der Waals surface area contributed by atoms with E-state index in [0.717, 1.165) is 35.3 Å². The van der Waals surface area contributed by atoms with E-state index in [1.54, 1.807) is 12.1 Å². The van der Waals surface area contributed by atoms with Gasteiger partial charge in [0.1, 0.15) is 17.3 Å². The third-order valence-electron chi connectivity index (χ3n) is 4.54. The molecule has 28 heavy (non-hydrogen) atoms. The lowest BCUT2D eigenvalue weighted by Crippen LogP contribution is -2.16. The topological polar surface area (TPSA) is 68.3 Å². The minimum Gasteiger partial charge on any atom is -0.444 e. The number of halogens is 1. The number of aromatic nitrogens is 1. The highest BCUT2D eigenvalue weighted by Crippen LogP contribution is 2.40. The molecular weight excluding hydrogens is 396 g/mol. The van der Waals surface area contributed by atoms with Gasteiger partial charge in [-0.25, -0.2) is 4.79 Å². The number of nitrogens with one attached hydrogen (secondary N) is 1. The van der Waals surface area contributed by atoms with Gasteiger partial charge in [0.25, 0.3) is 0 Å². The van der Waals surface area contributed by atoms with Crippen molar-refractivity contribution >= 4 is 39.8 Å². The number of benzene rings is 1. The molecule has 0 saturated carbocycles. The predicted molar refractivity (Wildman–Crippen MR) is 109 cm³/mol. The van der Waals surface area contributed by atoms with Gasteiger partial charge in [0.2, 0.25) is 5.78 Å². The van der Waals surface area contributed by atoms with Gasteiger partial charge in [-0.3, -0.25) is 15.1 Å². The van der Waals surface area contributed by atoms with Crippen LogP contribution in [0.2, 0.25) is 5.02 Å². The number of ketones is 1. The van der Waals surface area contributed by atoms with Crippen molar-refractivity contribution in [2.24, 2.45) is 0 Å². The van der Waals surface area contributed by atoms with E-state index in [4.69, 9.17) is 16.3 Å². The molecule has 2 heterocycles. The second kappa shape index (κ2) is 8.12. The van der Waals surface area contributed by atoms with Gasteiger partial charge in [0.05, 0.1) is 10.6 Å². The molecule has 1 N–H and O–H groups in total. The third kappa shape index (κ3) is 3.93. The van der Waals surface area contributed by atoms with Gasteiger partial charge in [-0.1, -0.05) is 41.9 Å². The van der Waals surface area contributed by atoms with Crippen LogP contribution in [-0.4, -0.2) is 16.9 Å². The molecule has 0 spiro atoms. The Hall–Kier alpha value is -2.70. The van der Waals surface area contributed by atoms with Gasteiger partial charge in [-0.05, 0) is 42.5 Å². The van der Waals surface area contributed by atoms with Gasteiger partial charge in [-0.2, -0.15) is 0 Å². The Kier molecular flexibility index (Phi) is 5.41. The number of aryl methyl sites for hydroxylation is 1. The van der Waals surface area contributed by atoms with E-state index in [1.165, 1.54) is 17.5 Å². The number of pyridine rings is 1. The molecule has 0 unspecified atom stereocenters. The lowest BCUT2D eigenvalue weighted by Gasteiger charge is -2.09. The van der Waals surface area contributed by atoms with Crippen molar-refractivity contribution in [1.29, 1.82) is 0 Å². The summed E-state index contributed by atoms with van der Waals surface area (Å²) in [4.78, 5) is 30.6. The van der Waals surface area contributed by atoms with Crippen LogP contribution in [0.3, 0.4) is 0 Å². The third-order valence-corrected chi connectivity index (χ3v) is 5.97. The summed E-state index contributed by atoms with van der Waals surface area (Å²) in [5, 5.41) is 3.74. The van der Waals surface area contributed by atoms with Crippen LogP contribution >= 0.6 is 22.9 Å². The molecule has 0 atom stereocenters. The molecule has 1 aliphatic rings. The number of ether oxygens (including phenoxy) is 1. The standard InChI is InChI=1S/C21H17ClN2O3S/c22-14-9-10-16(23-11-14)19(25)18-15-7-4-8-17(15)28-20(18)24-21(26)27-12-13-5-2-1-3-6-13/h1-3,5-6,9-11H,4,7-8,12H2,(H,24,26). The summed E-state index contributed by atoms with van der Waals surface area (Å²) in [6.07, 6.45) is 3.61. The first-order valence-electron chi connectivity index (χ1n) is 8.90. The minimum absolute atomic E-state index is 0.166. The maximum absolute atomic E-state index is 13.1. The molecule has 0 aliphatic heterocycles. The van der Waals surface area contributed by atoms with E-state index >= 15 is 0 Å². The van der Waals surface area contributed by atoms with Gasteiger partial charge < -0.3 is 4.74 Å². The number of amides is 1. The van der Waals surface area contributed by atoms with Gasteiger partial charge in [0, 0.05) is 11.1 Å². The van der Waals surface area contributed by atoms with E-state index in [1.807, 2.05) is 30.3 Å². The van der Waals surface area contributed by atoms with Crippen LogP contribution in [-0.2, 0) is 24.2 Å². The second-order valence-corrected chi connectivity index (χ2v) is 7.98. The fraction of sp³-hybridized carbons (Fsp3) is 0.190. The van der Waals surface area contributed by atoms with Crippen LogP contribution in [0.5, 0.6) is 0 Å². The molecule has 0 radical (unpaired) electrons. The van der Waals surface area contributed by atoms with Crippen LogP contribution in [0, 0.1) is 0 Å². The highest BCUT2D eigenvalue weighted by atomic mass is 35.5. The van der Waals surface area contributed by atoms with Crippen LogP contribution in [0.1, 0.15) is 38.5 Å². The zero-order valence-electron chi connectivity index (χ0n) is 14.9. The Morgan fingerprint density at radius 3 is 2.71 bits per heavy atom. The number of rotatable bonds is 5. The molecular formula is C21H17ClN2O3S. The molecule has 1 amide bonds. The van der Waals surface area contributed by atoms with E-state index < -0.39 is 6.09 Å². The van der Waals surface area contributed by atoms with Crippen molar-refractivity contribution in [3.05, 3.63) is 80.9 Å². The summed E-state index contributed by atoms with van der Waals surface area (Å²) < 4.78 is 5.30. The molecule has 5 nitrogen and oxygen atoms in total. The van der Waals surface area contributed by atoms with Gasteiger partial charge in [-0.15, -0.1) is 11.3 Å². The second-order valence-electron chi connectivity index (χ2n) is 6.44. The summed E-state index contributed by atoms with van der Waals surface area (Å²) in [6.45, 7) is 0.166. The van der Waals surface area contributed by atoms with Crippen molar-refractivity contribution < 1.29 is 14.3 Å². The number of nitrogens with zero attached hydrogens (tertiary/aromatic N) is 1. The minimum atomic E-state index is -0.582. The SMILES string of the molecule is O=C(Nc1sc2c(c1C(=O)c1ccc(Cl)cn1)CCC2)OCc1ccccc1. The largest absolute Gasteiger partial charge is 0.444 e. The fourth-order valence-corrected chi connectivity index (χ4v) is 4.61. The summed E-state index contributed by atoms with van der Waals surface area (Å²) in [5.41, 5.74) is 2.72. The van der Waals surface area contributed by atoms with E-state index in [9.17, 15) is 9.59 Å². The Morgan fingerprint density at radius 1 is 1.14 bits per heavy atom. The maximum atomic E-state index is 13.1. The monoisotopic (exact) mass is 412 g/mol. The Labute approximate surface area is 171 Å². The van der Waals surface area contributed by atoms with Crippen molar-refractivity contribution in [1.82, 2.24) is 4.98 Å². The number of fused-ring (bicyclic) bond motifs is 1. The van der Waals surface area contributed by atoms with Gasteiger partial charge >= 0.3 is 6.09 Å². The molecule has 0 fully saturated rings. The van der Waals surface area contributed by atoms with E-state index in [0.29, 0.717) is 21.3 Å². The number of thiophene rings is 1. The van der Waals surface area contributed by atoms with Crippen LogP contribution in [0.25, 0.3) is 0 Å². The van der Waals surface area contributed by atoms with E-state index in [2.05, 4.69) is 10.3 Å². The van der Waals surface area contributed by atoms with Crippen molar-refractivity contribution in [2.75, 3.05) is 5.32 Å². The van der Waals surface area contributed by atoms with Crippen molar-refractivity contribution in [3.8, 4) is 0 Å². The Bertz CT molecular complexity index is 1020. The fourth-order valence-electron chi connectivity index (χ4n) is 3.22. The molecule has 142 valence electrons. The predicted octanol–water partition coefficient (Wildman–Crippen LogP) is 5.26. The Morgan fingerprint density at radius 2 is 1.96 bits per heavy atom. The number of hydrogen-bond acceptors (Lipinski definition) is 5. The van der Waals surface area contributed by atoms with Crippen molar-refractivity contribution in [2.45, 2.75) is 25.9 Å². The number of carbonyl (C=O) groups is 2. The molecule has 1 aromatic carbocycles. The zero-order chi connectivity index (χ0) is 19.5. The van der Waals surface area contributed by atoms with Crippen LogP contribution < -0.4 is 5.32 Å². The van der Waals surface area contributed by atoms with Crippen molar-refractivity contribution in [3.63, 3.8) is 0 Å². The number of carbonyl (C=O) groups excluding carboxylic acids is 2. The highest BCUT2D eigenvalue weighted by Gasteiger charge is 2.28. The summed E-state index contributed by atoms with van der Waals surface area (Å²) in [6, 6.07) is 12.7. The average molecular weight is 413 g/mol. The van der Waals surface area contributed by atoms with Crippen LogP contribution in [0.15, 0.2) is 48.7 Å². The zero-order valence-corrected chi connectivity index (χ0v) is 16.5. The first-order valence-corrected chi connectivity index (χ1v) is 10.1. The lowest BCUT2D eigenvalue weighted by molar-refractivity contribution is 0.103. The molecule has 1 aliphatic carbocycles. The molecule has 3 aromatic rings. The van der Waals surface area contributed by atoms with E-state index in [-0.39, 0.29) is 12.4 Å². The molecule has 0 bridgehead atoms.